The molecule has 0 fully saturated rings. The van der Waals surface area contributed by atoms with E-state index in [9.17, 15) is 9.18 Å². The molecule has 32 heavy (non-hydrogen) atoms. The first kappa shape index (κ1) is 25.9. The van der Waals surface area contributed by atoms with Crippen LogP contribution >= 0.6 is 24.0 Å². The molecule has 0 aromatic heterocycles. The molecule has 2 aromatic rings. The number of nitrogens with zero attached hydrogens (tertiary/aromatic N) is 1. The molecule has 0 aliphatic carbocycles. The third-order valence-corrected chi connectivity index (χ3v) is 5.01. The Kier molecular flexibility index (Phi) is 9.74. The molecule has 2 aromatic carbocycles. The first-order valence-corrected chi connectivity index (χ1v) is 10.7. The molecule has 3 rings (SSSR count). The SMILES string of the molecule is CCNC(=NCCNC(=O)Cc1ccc(F)cc1)NC1CC(C)(C)Oc2ccccc21.I. The average Bonchev–Trinajstić information content (AvgIpc) is 2.72. The lowest BCUT2D eigenvalue weighted by Crippen LogP contribution is -2.45. The number of fused-ring (bicyclic) bond motifs is 1. The molecule has 1 unspecified atom stereocenters. The molecule has 174 valence electrons. The van der Waals surface area contributed by atoms with Gasteiger partial charge in [0.15, 0.2) is 5.96 Å². The smallest absolute Gasteiger partial charge is 0.224 e. The van der Waals surface area contributed by atoms with Crippen LogP contribution in [0, 0.1) is 5.82 Å². The molecule has 0 bridgehead atoms. The number of ether oxygens (including phenoxy) is 1. The Morgan fingerprint density at radius 2 is 1.88 bits per heavy atom. The van der Waals surface area contributed by atoms with E-state index in [1.165, 1.54) is 12.1 Å². The summed E-state index contributed by atoms with van der Waals surface area (Å²) in [6, 6.07) is 14.1. The highest BCUT2D eigenvalue weighted by Crippen LogP contribution is 2.39. The molecule has 1 amide bonds. The third kappa shape index (κ3) is 7.65. The molecule has 1 atom stereocenters. The van der Waals surface area contributed by atoms with Crippen molar-refractivity contribution in [1.29, 1.82) is 0 Å². The zero-order valence-electron chi connectivity index (χ0n) is 18.8. The van der Waals surface area contributed by atoms with Crippen LogP contribution in [0.2, 0.25) is 0 Å². The van der Waals surface area contributed by atoms with Gasteiger partial charge in [0.1, 0.15) is 17.2 Å². The molecular weight excluding hydrogens is 522 g/mol. The Morgan fingerprint density at radius 3 is 2.59 bits per heavy atom. The summed E-state index contributed by atoms with van der Waals surface area (Å²) in [6.45, 7) is 7.78. The molecule has 1 aliphatic rings. The summed E-state index contributed by atoms with van der Waals surface area (Å²) in [5.74, 6) is 1.17. The van der Waals surface area contributed by atoms with Crippen molar-refractivity contribution >= 4 is 35.8 Å². The largest absolute Gasteiger partial charge is 0.487 e. The number of benzene rings is 2. The number of amides is 1. The van der Waals surface area contributed by atoms with E-state index in [1.54, 1.807) is 12.1 Å². The lowest BCUT2D eigenvalue weighted by atomic mass is 9.90. The number of nitrogens with one attached hydrogen (secondary N) is 3. The van der Waals surface area contributed by atoms with E-state index in [0.29, 0.717) is 19.0 Å². The highest BCUT2D eigenvalue weighted by atomic mass is 127. The van der Waals surface area contributed by atoms with Crippen LogP contribution in [0.15, 0.2) is 53.5 Å². The van der Waals surface area contributed by atoms with E-state index in [2.05, 4.69) is 40.9 Å². The minimum atomic E-state index is -0.308. The molecule has 8 heteroatoms. The summed E-state index contributed by atoms with van der Waals surface area (Å²) in [4.78, 5) is 16.7. The van der Waals surface area contributed by atoms with Gasteiger partial charge in [-0.25, -0.2) is 4.39 Å². The fraction of sp³-hybridized carbons (Fsp3) is 0.417. The van der Waals surface area contributed by atoms with Crippen LogP contribution in [0.4, 0.5) is 4.39 Å². The third-order valence-electron chi connectivity index (χ3n) is 5.01. The Bertz CT molecular complexity index is 918. The Balaban J connectivity index is 0.00000363. The summed E-state index contributed by atoms with van der Waals surface area (Å²) < 4.78 is 19.1. The number of guanidine groups is 1. The van der Waals surface area contributed by atoms with Crippen molar-refractivity contribution in [2.75, 3.05) is 19.6 Å². The number of halogens is 2. The van der Waals surface area contributed by atoms with Crippen LogP contribution in [-0.4, -0.2) is 37.1 Å². The fourth-order valence-corrected chi connectivity index (χ4v) is 3.63. The number of carbonyl (C=O) groups excluding carboxylic acids is 1. The van der Waals surface area contributed by atoms with Gasteiger partial charge >= 0.3 is 0 Å². The van der Waals surface area contributed by atoms with E-state index in [-0.39, 0.29) is 53.8 Å². The second-order valence-corrected chi connectivity index (χ2v) is 8.21. The second kappa shape index (κ2) is 12.0. The zero-order valence-corrected chi connectivity index (χ0v) is 21.1. The average molecular weight is 554 g/mol. The predicted molar refractivity (Wildman–Crippen MR) is 136 cm³/mol. The van der Waals surface area contributed by atoms with Gasteiger partial charge in [-0.1, -0.05) is 30.3 Å². The molecular formula is C24H32FIN4O2. The van der Waals surface area contributed by atoms with Gasteiger partial charge < -0.3 is 20.7 Å². The van der Waals surface area contributed by atoms with Crippen molar-refractivity contribution in [3.05, 3.63) is 65.5 Å². The van der Waals surface area contributed by atoms with Gasteiger partial charge in [-0.05, 0) is 44.5 Å². The minimum Gasteiger partial charge on any atom is -0.487 e. The molecule has 1 heterocycles. The number of rotatable bonds is 7. The summed E-state index contributed by atoms with van der Waals surface area (Å²) in [5, 5.41) is 9.64. The van der Waals surface area contributed by atoms with E-state index in [1.807, 2.05) is 25.1 Å². The number of hydrogen-bond donors (Lipinski definition) is 3. The van der Waals surface area contributed by atoms with Crippen LogP contribution in [0.1, 0.15) is 44.4 Å². The van der Waals surface area contributed by atoms with Crippen LogP contribution in [-0.2, 0) is 11.2 Å². The lowest BCUT2D eigenvalue weighted by molar-refractivity contribution is -0.120. The molecule has 0 spiro atoms. The van der Waals surface area contributed by atoms with Gasteiger partial charge in [0, 0.05) is 25.1 Å². The normalized spacial score (nSPS) is 16.8. The van der Waals surface area contributed by atoms with Gasteiger partial charge in [0.05, 0.1) is 19.0 Å². The van der Waals surface area contributed by atoms with Crippen molar-refractivity contribution in [2.45, 2.75) is 45.3 Å². The maximum Gasteiger partial charge on any atom is 0.224 e. The monoisotopic (exact) mass is 554 g/mol. The van der Waals surface area contributed by atoms with Crippen LogP contribution in [0.5, 0.6) is 5.75 Å². The standard InChI is InChI=1S/C24H31FN4O2.HI/c1-4-26-23(28-14-13-27-22(30)15-17-9-11-18(25)12-10-17)29-20-16-24(2,3)31-21-8-6-5-7-19(20)21;/h5-12,20H,4,13-16H2,1-3H3,(H,27,30)(H2,26,28,29);1H. The molecule has 3 N–H and O–H groups in total. The Morgan fingerprint density at radius 1 is 1.16 bits per heavy atom. The topological polar surface area (TPSA) is 74.8 Å². The summed E-state index contributed by atoms with van der Waals surface area (Å²) >= 11 is 0. The van der Waals surface area contributed by atoms with E-state index >= 15 is 0 Å². The van der Waals surface area contributed by atoms with E-state index in [0.717, 1.165) is 29.8 Å². The maximum atomic E-state index is 13.0. The van der Waals surface area contributed by atoms with Gasteiger partial charge in [0.2, 0.25) is 5.91 Å². The van der Waals surface area contributed by atoms with Crippen molar-refractivity contribution < 1.29 is 13.9 Å². The van der Waals surface area contributed by atoms with E-state index in [4.69, 9.17) is 4.74 Å². The molecule has 0 radical (unpaired) electrons. The number of aliphatic imine (C=N–C) groups is 1. The van der Waals surface area contributed by atoms with Gasteiger partial charge in [-0.2, -0.15) is 0 Å². The highest BCUT2D eigenvalue weighted by molar-refractivity contribution is 14.0. The highest BCUT2D eigenvalue weighted by Gasteiger charge is 2.33. The summed E-state index contributed by atoms with van der Waals surface area (Å²) in [7, 11) is 0. The summed E-state index contributed by atoms with van der Waals surface area (Å²) in [5.41, 5.74) is 1.61. The van der Waals surface area contributed by atoms with Crippen LogP contribution < -0.4 is 20.7 Å². The van der Waals surface area contributed by atoms with Crippen molar-refractivity contribution in [1.82, 2.24) is 16.0 Å². The minimum absolute atomic E-state index is 0. The Labute approximate surface area is 206 Å². The molecule has 0 saturated heterocycles. The van der Waals surface area contributed by atoms with E-state index < -0.39 is 0 Å². The van der Waals surface area contributed by atoms with Gasteiger partial charge in [-0.15, -0.1) is 24.0 Å². The quantitative estimate of drug-likeness (QED) is 0.210. The first-order chi connectivity index (χ1) is 14.9. The van der Waals surface area contributed by atoms with Gasteiger partial charge in [0.25, 0.3) is 0 Å². The molecule has 6 nitrogen and oxygen atoms in total. The van der Waals surface area contributed by atoms with Crippen molar-refractivity contribution in [3.63, 3.8) is 0 Å². The van der Waals surface area contributed by atoms with Crippen LogP contribution in [0.25, 0.3) is 0 Å². The fourth-order valence-electron chi connectivity index (χ4n) is 3.63. The molecule has 0 saturated carbocycles. The maximum absolute atomic E-state index is 13.0. The summed E-state index contributed by atoms with van der Waals surface area (Å²) in [6.07, 6.45) is 1.03. The number of hydrogen-bond acceptors (Lipinski definition) is 3. The second-order valence-electron chi connectivity index (χ2n) is 8.21. The predicted octanol–water partition coefficient (Wildman–Crippen LogP) is 3.96. The van der Waals surface area contributed by atoms with Crippen LogP contribution in [0.3, 0.4) is 0 Å². The van der Waals surface area contributed by atoms with Crippen molar-refractivity contribution in [2.24, 2.45) is 4.99 Å². The van der Waals surface area contributed by atoms with Crippen molar-refractivity contribution in [3.8, 4) is 5.75 Å². The number of carbonyl (C=O) groups is 1. The Hall–Kier alpha value is -2.36. The van der Waals surface area contributed by atoms with Gasteiger partial charge in [-0.3, -0.25) is 9.79 Å². The lowest BCUT2D eigenvalue weighted by Gasteiger charge is -2.38. The zero-order chi connectivity index (χ0) is 22.3. The number of para-hydroxylation sites is 1. The first-order valence-electron chi connectivity index (χ1n) is 10.7. The molecule has 1 aliphatic heterocycles.